The molecule has 0 saturated heterocycles. The van der Waals surface area contributed by atoms with Gasteiger partial charge in [0, 0.05) is 19.5 Å². The standard InChI is InChI=1S/C19H21Br2F3N4O2/c1-27(10-5-3-2-4-6-10)18(29)16-15(21)17-25-11(12-7-8-14(20)30-12)9-13(19(22,23)24)28(17)26-16/h7-8,10-11,13,25H,2-6,9H2,1H3. The van der Waals surface area contributed by atoms with Crippen LogP contribution in [0, 0.1) is 0 Å². The number of carbonyl (C=O) groups is 1. The average Bonchev–Trinajstić information content (AvgIpc) is 3.29. The van der Waals surface area contributed by atoms with E-state index in [1.54, 1.807) is 24.1 Å². The monoisotopic (exact) mass is 552 g/mol. The van der Waals surface area contributed by atoms with Gasteiger partial charge >= 0.3 is 6.18 Å². The normalized spacial score (nSPS) is 22.5. The average molecular weight is 554 g/mol. The summed E-state index contributed by atoms with van der Waals surface area (Å²) in [6, 6.07) is 0.756. The number of rotatable bonds is 3. The Labute approximate surface area is 188 Å². The molecule has 4 rings (SSSR count). The van der Waals surface area contributed by atoms with Crippen LogP contribution < -0.4 is 5.32 Å². The van der Waals surface area contributed by atoms with Crippen molar-refractivity contribution in [1.29, 1.82) is 0 Å². The van der Waals surface area contributed by atoms with Gasteiger partial charge in [-0.25, -0.2) is 4.68 Å². The molecule has 0 spiro atoms. The van der Waals surface area contributed by atoms with E-state index in [9.17, 15) is 18.0 Å². The molecule has 0 aromatic carbocycles. The van der Waals surface area contributed by atoms with Crippen molar-refractivity contribution >= 4 is 43.6 Å². The van der Waals surface area contributed by atoms with Crippen LogP contribution in [0.25, 0.3) is 0 Å². The molecule has 1 aliphatic carbocycles. The summed E-state index contributed by atoms with van der Waals surface area (Å²) < 4.78 is 48.6. The van der Waals surface area contributed by atoms with Crippen LogP contribution in [0.5, 0.6) is 0 Å². The third kappa shape index (κ3) is 4.02. The van der Waals surface area contributed by atoms with E-state index in [2.05, 4.69) is 42.3 Å². The number of anilines is 1. The minimum Gasteiger partial charge on any atom is -0.452 e. The Morgan fingerprint density at radius 1 is 1.27 bits per heavy atom. The number of fused-ring (bicyclic) bond motifs is 1. The van der Waals surface area contributed by atoms with E-state index < -0.39 is 18.3 Å². The maximum Gasteiger partial charge on any atom is 0.410 e. The highest BCUT2D eigenvalue weighted by atomic mass is 79.9. The number of nitrogens with one attached hydrogen (secondary N) is 1. The highest BCUT2D eigenvalue weighted by Crippen LogP contribution is 2.46. The molecule has 0 radical (unpaired) electrons. The van der Waals surface area contributed by atoms with E-state index in [-0.39, 0.29) is 34.4 Å². The number of hydrogen-bond acceptors (Lipinski definition) is 4. The molecule has 2 aromatic heterocycles. The Kier molecular flexibility index (Phi) is 5.95. The fourth-order valence-electron chi connectivity index (χ4n) is 4.23. The van der Waals surface area contributed by atoms with Gasteiger partial charge in [0.2, 0.25) is 0 Å². The molecule has 2 atom stereocenters. The Balaban J connectivity index is 1.68. The van der Waals surface area contributed by atoms with Crippen molar-refractivity contribution in [2.24, 2.45) is 0 Å². The highest BCUT2D eigenvalue weighted by molar-refractivity contribution is 9.10. The van der Waals surface area contributed by atoms with E-state index in [1.807, 2.05) is 0 Å². The van der Waals surface area contributed by atoms with Gasteiger partial charge in [-0.05, 0) is 56.8 Å². The molecule has 2 aliphatic rings. The Hall–Kier alpha value is -1.49. The smallest absolute Gasteiger partial charge is 0.410 e. The zero-order chi connectivity index (χ0) is 21.6. The minimum atomic E-state index is -4.53. The number of aromatic nitrogens is 2. The Morgan fingerprint density at radius 2 is 1.97 bits per heavy atom. The molecule has 3 heterocycles. The summed E-state index contributed by atoms with van der Waals surface area (Å²) in [5, 5.41) is 7.16. The van der Waals surface area contributed by atoms with Crippen molar-refractivity contribution in [3.8, 4) is 0 Å². The number of nitrogens with zero attached hydrogens (tertiary/aromatic N) is 3. The molecule has 2 unspecified atom stereocenters. The molecule has 11 heteroatoms. The molecular weight excluding hydrogens is 533 g/mol. The maximum atomic E-state index is 13.9. The fourth-order valence-corrected chi connectivity index (χ4v) is 5.09. The van der Waals surface area contributed by atoms with Gasteiger partial charge in [-0.1, -0.05) is 19.3 Å². The predicted octanol–water partition coefficient (Wildman–Crippen LogP) is 6.07. The summed E-state index contributed by atoms with van der Waals surface area (Å²) in [4.78, 5) is 14.7. The van der Waals surface area contributed by atoms with E-state index in [0.29, 0.717) is 10.4 Å². The van der Waals surface area contributed by atoms with Gasteiger partial charge in [-0.3, -0.25) is 4.79 Å². The van der Waals surface area contributed by atoms with Crippen LogP contribution in [-0.4, -0.2) is 39.9 Å². The van der Waals surface area contributed by atoms with E-state index in [1.165, 1.54) is 0 Å². The Bertz CT molecular complexity index is 937. The SMILES string of the molecule is CN(C(=O)c1nn2c(c1Br)NC(c1ccc(Br)o1)CC2C(F)(F)F)C1CCCCC1. The second kappa shape index (κ2) is 8.22. The Morgan fingerprint density at radius 3 is 2.57 bits per heavy atom. The third-order valence-electron chi connectivity index (χ3n) is 5.88. The van der Waals surface area contributed by atoms with Gasteiger partial charge in [-0.15, -0.1) is 0 Å². The number of alkyl halides is 3. The molecule has 30 heavy (non-hydrogen) atoms. The lowest BCUT2D eigenvalue weighted by Gasteiger charge is -2.32. The fraction of sp³-hybridized carbons (Fsp3) is 0.579. The predicted molar refractivity (Wildman–Crippen MR) is 111 cm³/mol. The zero-order valence-corrected chi connectivity index (χ0v) is 19.3. The molecule has 1 saturated carbocycles. The first-order valence-electron chi connectivity index (χ1n) is 9.80. The lowest BCUT2D eigenvalue weighted by Crippen LogP contribution is -2.39. The second-order valence-electron chi connectivity index (χ2n) is 7.80. The largest absolute Gasteiger partial charge is 0.452 e. The first-order chi connectivity index (χ1) is 14.2. The molecule has 1 aliphatic heterocycles. The summed E-state index contributed by atoms with van der Waals surface area (Å²) in [6.45, 7) is 0. The minimum absolute atomic E-state index is 0.0129. The summed E-state index contributed by atoms with van der Waals surface area (Å²) in [5.41, 5.74) is -0.0129. The number of hydrogen-bond donors (Lipinski definition) is 1. The van der Waals surface area contributed by atoms with Crippen molar-refractivity contribution in [3.63, 3.8) is 0 Å². The van der Waals surface area contributed by atoms with Crippen LogP contribution in [0.15, 0.2) is 25.7 Å². The molecule has 164 valence electrons. The first kappa shape index (κ1) is 21.7. The van der Waals surface area contributed by atoms with Gasteiger partial charge in [0.05, 0.1) is 10.5 Å². The van der Waals surface area contributed by atoms with Gasteiger partial charge in [-0.2, -0.15) is 18.3 Å². The third-order valence-corrected chi connectivity index (χ3v) is 7.06. The van der Waals surface area contributed by atoms with Crippen molar-refractivity contribution in [3.05, 3.63) is 32.7 Å². The van der Waals surface area contributed by atoms with Crippen molar-refractivity contribution in [2.45, 2.75) is 62.8 Å². The molecule has 0 bridgehead atoms. The first-order valence-corrected chi connectivity index (χ1v) is 11.4. The van der Waals surface area contributed by atoms with Crippen LogP contribution in [0.4, 0.5) is 19.0 Å². The summed E-state index contributed by atoms with van der Waals surface area (Å²) in [7, 11) is 1.70. The van der Waals surface area contributed by atoms with Crippen molar-refractivity contribution in [2.75, 3.05) is 12.4 Å². The quantitative estimate of drug-likeness (QED) is 0.501. The summed E-state index contributed by atoms with van der Waals surface area (Å²) >= 11 is 6.51. The zero-order valence-electron chi connectivity index (χ0n) is 16.2. The van der Waals surface area contributed by atoms with E-state index in [0.717, 1.165) is 36.8 Å². The van der Waals surface area contributed by atoms with Crippen LogP contribution in [0.3, 0.4) is 0 Å². The van der Waals surface area contributed by atoms with Crippen molar-refractivity contribution < 1.29 is 22.4 Å². The van der Waals surface area contributed by atoms with Crippen molar-refractivity contribution in [1.82, 2.24) is 14.7 Å². The lowest BCUT2D eigenvalue weighted by atomic mass is 9.94. The van der Waals surface area contributed by atoms with E-state index >= 15 is 0 Å². The molecule has 6 nitrogen and oxygen atoms in total. The van der Waals surface area contributed by atoms with Gasteiger partial charge in [0.15, 0.2) is 16.4 Å². The second-order valence-corrected chi connectivity index (χ2v) is 9.37. The van der Waals surface area contributed by atoms with Gasteiger partial charge in [0.1, 0.15) is 11.6 Å². The molecular formula is C19H21Br2F3N4O2. The molecule has 1 fully saturated rings. The van der Waals surface area contributed by atoms with Gasteiger partial charge < -0.3 is 14.6 Å². The maximum absolute atomic E-state index is 13.9. The summed E-state index contributed by atoms with van der Waals surface area (Å²) in [6.07, 6.45) is 0.195. The van der Waals surface area contributed by atoms with Crippen LogP contribution in [0.2, 0.25) is 0 Å². The number of amides is 1. The lowest BCUT2D eigenvalue weighted by molar-refractivity contribution is -0.174. The van der Waals surface area contributed by atoms with Crippen LogP contribution >= 0.6 is 31.9 Å². The number of carbonyl (C=O) groups excluding carboxylic acids is 1. The highest BCUT2D eigenvalue weighted by Gasteiger charge is 2.48. The van der Waals surface area contributed by atoms with Crippen LogP contribution in [0.1, 0.15) is 66.9 Å². The topological polar surface area (TPSA) is 63.3 Å². The molecule has 1 N–H and O–H groups in total. The van der Waals surface area contributed by atoms with Gasteiger partial charge in [0.25, 0.3) is 5.91 Å². The van der Waals surface area contributed by atoms with Crippen LogP contribution in [-0.2, 0) is 0 Å². The molecule has 2 aromatic rings. The molecule has 1 amide bonds. The number of halogens is 5. The van der Waals surface area contributed by atoms with E-state index in [4.69, 9.17) is 4.42 Å². The number of furan rings is 1. The summed E-state index contributed by atoms with van der Waals surface area (Å²) in [5.74, 6) is 0.125.